The van der Waals surface area contributed by atoms with E-state index in [2.05, 4.69) is 15.8 Å². The van der Waals surface area contributed by atoms with Gasteiger partial charge in [-0.2, -0.15) is 5.10 Å². The van der Waals surface area contributed by atoms with E-state index >= 15 is 0 Å². The second-order valence-corrected chi connectivity index (χ2v) is 5.84. The highest BCUT2D eigenvalue weighted by atomic mass is 16.2. The molecule has 0 aromatic carbocycles. The van der Waals surface area contributed by atoms with Gasteiger partial charge in [0, 0.05) is 11.8 Å². The van der Waals surface area contributed by atoms with Crippen LogP contribution < -0.4 is 10.7 Å². The van der Waals surface area contributed by atoms with Gasteiger partial charge in [0.15, 0.2) is 0 Å². The lowest BCUT2D eigenvalue weighted by Crippen LogP contribution is -2.44. The van der Waals surface area contributed by atoms with Crippen LogP contribution in [0.2, 0.25) is 0 Å². The van der Waals surface area contributed by atoms with Crippen LogP contribution in [0.15, 0.2) is 5.10 Å². The fourth-order valence-corrected chi connectivity index (χ4v) is 2.93. The largest absolute Gasteiger partial charge is 0.345 e. The number of amides is 2. The second kappa shape index (κ2) is 8.02. The molecule has 0 aromatic rings. The van der Waals surface area contributed by atoms with Gasteiger partial charge in [-0.1, -0.05) is 32.1 Å². The second-order valence-electron chi connectivity index (χ2n) is 5.84. The van der Waals surface area contributed by atoms with E-state index < -0.39 is 11.8 Å². The van der Waals surface area contributed by atoms with Crippen LogP contribution in [0.5, 0.6) is 0 Å². The molecule has 0 saturated heterocycles. The highest BCUT2D eigenvalue weighted by Gasteiger charge is 2.20. The number of hydrogen-bond donors (Lipinski definition) is 2. The van der Waals surface area contributed by atoms with Gasteiger partial charge in [-0.05, 0) is 38.5 Å². The van der Waals surface area contributed by atoms with E-state index in [-0.39, 0.29) is 6.04 Å². The Balaban J connectivity index is 1.75. The first kappa shape index (κ1) is 15.0. The van der Waals surface area contributed by atoms with E-state index in [0.717, 1.165) is 57.1 Å². The molecule has 0 atom stereocenters. The van der Waals surface area contributed by atoms with E-state index in [4.69, 9.17) is 0 Å². The maximum atomic E-state index is 11.8. The van der Waals surface area contributed by atoms with Crippen molar-refractivity contribution in [3.05, 3.63) is 0 Å². The summed E-state index contributed by atoms with van der Waals surface area (Å²) >= 11 is 0. The van der Waals surface area contributed by atoms with E-state index in [1.54, 1.807) is 0 Å². The summed E-state index contributed by atoms with van der Waals surface area (Å²) in [5.74, 6) is -1.18. The number of carbonyl (C=O) groups excluding carboxylic acids is 2. The van der Waals surface area contributed by atoms with E-state index in [1.807, 2.05) is 0 Å². The standard InChI is InChI=1S/C15H25N3O2/c19-14(16-12-8-6-3-7-9-12)15(20)18-17-13-10-4-1-2-5-11-13/h12H,1-11H2,(H,16,19)(H,18,20). The molecule has 20 heavy (non-hydrogen) atoms. The van der Waals surface area contributed by atoms with Gasteiger partial charge in [0.05, 0.1) is 0 Å². The highest BCUT2D eigenvalue weighted by molar-refractivity contribution is 6.35. The smallest absolute Gasteiger partial charge is 0.329 e. The van der Waals surface area contributed by atoms with Crippen LogP contribution in [0.3, 0.4) is 0 Å². The van der Waals surface area contributed by atoms with Crippen LogP contribution in [0.25, 0.3) is 0 Å². The molecular weight excluding hydrogens is 254 g/mol. The summed E-state index contributed by atoms with van der Waals surface area (Å²) in [6.45, 7) is 0. The molecule has 0 spiro atoms. The molecule has 2 saturated carbocycles. The molecule has 0 bridgehead atoms. The van der Waals surface area contributed by atoms with Crippen LogP contribution in [0, 0.1) is 0 Å². The Morgan fingerprint density at radius 1 is 0.850 bits per heavy atom. The molecule has 5 heteroatoms. The summed E-state index contributed by atoms with van der Waals surface area (Å²) in [7, 11) is 0. The van der Waals surface area contributed by atoms with Crippen molar-refractivity contribution >= 4 is 17.5 Å². The first-order valence-corrected chi connectivity index (χ1v) is 7.92. The van der Waals surface area contributed by atoms with Crippen LogP contribution >= 0.6 is 0 Å². The molecule has 0 aliphatic heterocycles. The van der Waals surface area contributed by atoms with E-state index in [9.17, 15) is 9.59 Å². The normalized spacial score (nSPS) is 20.9. The fourth-order valence-electron chi connectivity index (χ4n) is 2.93. The quantitative estimate of drug-likeness (QED) is 0.462. The Bertz CT molecular complexity index is 363. The lowest BCUT2D eigenvalue weighted by Gasteiger charge is -2.22. The minimum absolute atomic E-state index is 0.160. The summed E-state index contributed by atoms with van der Waals surface area (Å²) in [5.41, 5.74) is 3.42. The van der Waals surface area contributed by atoms with E-state index in [0.29, 0.717) is 0 Å². The fraction of sp³-hybridized carbons (Fsp3) is 0.800. The SMILES string of the molecule is O=C(NN=C1CCCCCC1)C(=O)NC1CCCCC1. The van der Waals surface area contributed by atoms with Gasteiger partial charge in [0.25, 0.3) is 0 Å². The van der Waals surface area contributed by atoms with Crippen molar-refractivity contribution in [1.82, 2.24) is 10.7 Å². The first-order chi connectivity index (χ1) is 9.75. The number of carbonyl (C=O) groups is 2. The van der Waals surface area contributed by atoms with Crippen molar-refractivity contribution in [2.45, 2.75) is 76.7 Å². The van der Waals surface area contributed by atoms with Crippen LogP contribution in [0.4, 0.5) is 0 Å². The third-order valence-electron chi connectivity index (χ3n) is 4.14. The van der Waals surface area contributed by atoms with Gasteiger partial charge in [-0.3, -0.25) is 9.59 Å². The summed E-state index contributed by atoms with van der Waals surface area (Å²) in [6, 6.07) is 0.160. The van der Waals surface area contributed by atoms with Crippen LogP contribution in [0.1, 0.15) is 70.6 Å². The third-order valence-corrected chi connectivity index (χ3v) is 4.14. The minimum atomic E-state index is -0.632. The molecule has 5 nitrogen and oxygen atoms in total. The predicted octanol–water partition coefficient (Wildman–Crippen LogP) is 2.26. The third kappa shape index (κ3) is 4.94. The Hall–Kier alpha value is -1.39. The number of hydrazone groups is 1. The summed E-state index contributed by atoms with van der Waals surface area (Å²) in [5, 5.41) is 6.91. The Labute approximate surface area is 120 Å². The van der Waals surface area contributed by atoms with Gasteiger partial charge >= 0.3 is 11.8 Å². The molecule has 0 heterocycles. The van der Waals surface area contributed by atoms with Crippen molar-refractivity contribution in [3.63, 3.8) is 0 Å². The lowest BCUT2D eigenvalue weighted by atomic mass is 9.95. The van der Waals surface area contributed by atoms with Gasteiger partial charge in [0.1, 0.15) is 0 Å². The average molecular weight is 279 g/mol. The molecule has 112 valence electrons. The van der Waals surface area contributed by atoms with Crippen LogP contribution in [-0.2, 0) is 9.59 Å². The molecule has 2 rings (SSSR count). The zero-order valence-corrected chi connectivity index (χ0v) is 12.1. The maximum absolute atomic E-state index is 11.8. The monoisotopic (exact) mass is 279 g/mol. The Morgan fingerprint density at radius 2 is 1.45 bits per heavy atom. The summed E-state index contributed by atoms with van der Waals surface area (Å²) in [6.07, 6.45) is 12.0. The highest BCUT2D eigenvalue weighted by Crippen LogP contribution is 2.17. The Morgan fingerprint density at radius 3 is 2.10 bits per heavy atom. The number of nitrogens with one attached hydrogen (secondary N) is 2. The minimum Gasteiger partial charge on any atom is -0.345 e. The molecule has 2 amide bonds. The molecule has 0 unspecified atom stereocenters. The molecule has 0 aromatic heterocycles. The van der Waals surface area contributed by atoms with Gasteiger partial charge in [-0.25, -0.2) is 5.43 Å². The molecule has 2 fully saturated rings. The predicted molar refractivity (Wildman–Crippen MR) is 78.3 cm³/mol. The molecule has 2 aliphatic carbocycles. The van der Waals surface area contributed by atoms with Crippen molar-refractivity contribution in [2.75, 3.05) is 0 Å². The van der Waals surface area contributed by atoms with Crippen molar-refractivity contribution in [2.24, 2.45) is 5.10 Å². The molecule has 2 aliphatic rings. The van der Waals surface area contributed by atoms with E-state index in [1.165, 1.54) is 19.3 Å². The lowest BCUT2D eigenvalue weighted by molar-refractivity contribution is -0.139. The topological polar surface area (TPSA) is 70.6 Å². The summed E-state index contributed by atoms with van der Waals surface area (Å²) in [4.78, 5) is 23.5. The number of nitrogens with zero attached hydrogens (tertiary/aromatic N) is 1. The van der Waals surface area contributed by atoms with Crippen molar-refractivity contribution in [3.8, 4) is 0 Å². The zero-order chi connectivity index (χ0) is 14.2. The molecule has 2 N–H and O–H groups in total. The zero-order valence-electron chi connectivity index (χ0n) is 12.1. The molecule has 0 radical (unpaired) electrons. The number of hydrogen-bond acceptors (Lipinski definition) is 3. The Kier molecular flexibility index (Phi) is 6.02. The van der Waals surface area contributed by atoms with Gasteiger partial charge in [0.2, 0.25) is 0 Å². The maximum Gasteiger partial charge on any atom is 0.329 e. The molecular formula is C15H25N3O2. The van der Waals surface area contributed by atoms with Crippen LogP contribution in [-0.4, -0.2) is 23.6 Å². The van der Waals surface area contributed by atoms with Crippen molar-refractivity contribution in [1.29, 1.82) is 0 Å². The number of rotatable bonds is 2. The van der Waals surface area contributed by atoms with Gasteiger partial charge in [-0.15, -0.1) is 0 Å². The van der Waals surface area contributed by atoms with Gasteiger partial charge < -0.3 is 5.32 Å². The first-order valence-electron chi connectivity index (χ1n) is 7.92. The average Bonchev–Trinajstić information content (AvgIpc) is 2.74. The van der Waals surface area contributed by atoms with Crippen molar-refractivity contribution < 1.29 is 9.59 Å². The summed E-state index contributed by atoms with van der Waals surface area (Å²) < 4.78 is 0.